The predicted octanol–water partition coefficient (Wildman–Crippen LogP) is 4.94. The van der Waals surface area contributed by atoms with E-state index in [1.54, 1.807) is 30.5 Å². The van der Waals surface area contributed by atoms with Crippen LogP contribution in [0.1, 0.15) is 27.7 Å². The minimum atomic E-state index is -0.817. The quantitative estimate of drug-likeness (QED) is 0.349. The summed E-state index contributed by atoms with van der Waals surface area (Å²) in [5.74, 6) is 1.71. The van der Waals surface area contributed by atoms with Crippen molar-refractivity contribution in [2.75, 3.05) is 28.1 Å². The number of aromatic nitrogens is 1. The van der Waals surface area contributed by atoms with E-state index in [-0.39, 0.29) is 12.4 Å². The second-order valence-electron chi connectivity index (χ2n) is 7.73. The molecule has 1 atom stereocenters. The van der Waals surface area contributed by atoms with Crippen molar-refractivity contribution in [2.24, 2.45) is 0 Å². The van der Waals surface area contributed by atoms with Crippen molar-refractivity contribution in [1.29, 1.82) is 0 Å². The molecule has 178 valence electrons. The van der Waals surface area contributed by atoms with Crippen molar-refractivity contribution in [3.63, 3.8) is 0 Å². The third kappa shape index (κ3) is 4.14. The Morgan fingerprint density at radius 2 is 1.63 bits per heavy atom. The lowest BCUT2D eigenvalue weighted by Crippen LogP contribution is -2.15. The summed E-state index contributed by atoms with van der Waals surface area (Å²) in [7, 11) is 4.48. The molecule has 5 rings (SSSR count). The van der Waals surface area contributed by atoms with Crippen molar-refractivity contribution in [1.82, 2.24) is 4.98 Å². The molecule has 8 heteroatoms. The number of rotatable bonds is 7. The average Bonchev–Trinajstić information content (AvgIpc) is 3.38. The van der Waals surface area contributed by atoms with Crippen molar-refractivity contribution in [2.45, 2.75) is 6.10 Å². The Balaban J connectivity index is 1.60. The third-order valence-electron chi connectivity index (χ3n) is 5.78. The zero-order valence-corrected chi connectivity index (χ0v) is 19.4. The predicted molar refractivity (Wildman–Crippen MR) is 128 cm³/mol. The number of hydrogen-bond donors (Lipinski definition) is 0. The molecule has 2 heterocycles. The van der Waals surface area contributed by atoms with Crippen LogP contribution in [0.4, 0.5) is 0 Å². The van der Waals surface area contributed by atoms with Gasteiger partial charge in [-0.05, 0) is 35.7 Å². The van der Waals surface area contributed by atoms with Gasteiger partial charge in [0.25, 0.3) is 0 Å². The number of fused-ring (bicyclic) bond motifs is 2. The van der Waals surface area contributed by atoms with Gasteiger partial charge < -0.3 is 28.4 Å². The first kappa shape index (κ1) is 22.3. The number of pyridine rings is 1. The molecule has 35 heavy (non-hydrogen) atoms. The van der Waals surface area contributed by atoms with Gasteiger partial charge in [0.05, 0.1) is 32.6 Å². The second kappa shape index (κ2) is 9.42. The lowest BCUT2D eigenvalue weighted by atomic mass is 10.00. The van der Waals surface area contributed by atoms with Gasteiger partial charge in [-0.3, -0.25) is 4.98 Å². The maximum atomic E-state index is 13.4. The van der Waals surface area contributed by atoms with Crippen LogP contribution < -0.4 is 23.7 Å². The van der Waals surface area contributed by atoms with E-state index in [1.807, 2.05) is 36.4 Å². The number of methoxy groups -OCH3 is 3. The van der Waals surface area contributed by atoms with E-state index in [1.165, 1.54) is 21.3 Å². The molecule has 0 radical (unpaired) electrons. The van der Waals surface area contributed by atoms with E-state index in [0.29, 0.717) is 40.0 Å². The zero-order chi connectivity index (χ0) is 24.4. The first-order chi connectivity index (χ1) is 17.1. The number of carbonyl (C=O) groups is 1. The van der Waals surface area contributed by atoms with Crippen molar-refractivity contribution >= 4 is 16.7 Å². The number of ether oxygens (including phenoxy) is 6. The Kier molecular flexibility index (Phi) is 6.01. The molecule has 3 aromatic carbocycles. The Morgan fingerprint density at radius 1 is 0.886 bits per heavy atom. The first-order valence-corrected chi connectivity index (χ1v) is 10.9. The van der Waals surface area contributed by atoms with Crippen molar-refractivity contribution in [3.05, 3.63) is 83.7 Å². The van der Waals surface area contributed by atoms with Gasteiger partial charge in [-0.2, -0.15) is 0 Å². The molecule has 0 bridgehead atoms. The molecule has 0 saturated carbocycles. The second-order valence-corrected chi connectivity index (χ2v) is 7.73. The summed E-state index contributed by atoms with van der Waals surface area (Å²) in [6.45, 7) is 0.140. The lowest BCUT2D eigenvalue weighted by molar-refractivity contribution is 0.0372. The number of esters is 1. The molecular weight excluding hydrogens is 450 g/mol. The van der Waals surface area contributed by atoms with Crippen LogP contribution in [0.5, 0.6) is 28.7 Å². The monoisotopic (exact) mass is 473 g/mol. The number of benzene rings is 3. The lowest BCUT2D eigenvalue weighted by Gasteiger charge is -2.21. The van der Waals surface area contributed by atoms with Crippen LogP contribution in [0.3, 0.4) is 0 Å². The minimum absolute atomic E-state index is 0.140. The fourth-order valence-corrected chi connectivity index (χ4v) is 4.08. The third-order valence-corrected chi connectivity index (χ3v) is 5.78. The van der Waals surface area contributed by atoms with Gasteiger partial charge in [0, 0.05) is 17.1 Å². The molecule has 0 N–H and O–H groups in total. The van der Waals surface area contributed by atoms with Gasteiger partial charge in [0.1, 0.15) is 0 Å². The molecule has 0 saturated heterocycles. The van der Waals surface area contributed by atoms with Crippen molar-refractivity contribution in [3.8, 4) is 28.7 Å². The molecule has 0 aliphatic carbocycles. The summed E-state index contributed by atoms with van der Waals surface area (Å²) < 4.78 is 33.3. The normalized spacial score (nSPS) is 12.8. The highest BCUT2D eigenvalue weighted by molar-refractivity contribution is 5.92. The van der Waals surface area contributed by atoms with Crippen LogP contribution in [-0.4, -0.2) is 39.1 Å². The molecule has 0 fully saturated rings. The van der Waals surface area contributed by atoms with E-state index in [2.05, 4.69) is 4.98 Å². The van der Waals surface area contributed by atoms with Gasteiger partial charge in [-0.1, -0.05) is 30.3 Å². The van der Waals surface area contributed by atoms with Gasteiger partial charge in [0.2, 0.25) is 12.5 Å². The van der Waals surface area contributed by atoms with Crippen LogP contribution in [0.15, 0.2) is 66.9 Å². The van der Waals surface area contributed by atoms with E-state index in [9.17, 15) is 4.79 Å². The van der Waals surface area contributed by atoms with E-state index < -0.39 is 12.1 Å². The van der Waals surface area contributed by atoms with Crippen molar-refractivity contribution < 1.29 is 33.2 Å². The fourth-order valence-electron chi connectivity index (χ4n) is 4.08. The highest BCUT2D eigenvalue weighted by atomic mass is 16.7. The van der Waals surface area contributed by atoms with Crippen LogP contribution >= 0.6 is 0 Å². The van der Waals surface area contributed by atoms with Crippen LogP contribution in [0.2, 0.25) is 0 Å². The summed E-state index contributed by atoms with van der Waals surface area (Å²) in [6.07, 6.45) is 0.882. The molecule has 0 unspecified atom stereocenters. The SMILES string of the molecule is COc1cc(C(=O)O[C@H](c2ccc3c(c2)OCO3)c2nccc3ccccc23)cc(OC)c1OC. The van der Waals surface area contributed by atoms with Gasteiger partial charge in [-0.15, -0.1) is 0 Å². The smallest absolute Gasteiger partial charge is 0.339 e. The fraction of sp³-hybridized carbons (Fsp3) is 0.185. The molecule has 1 aliphatic heterocycles. The number of carbonyl (C=O) groups excluding carboxylic acids is 1. The highest BCUT2D eigenvalue weighted by Crippen LogP contribution is 2.41. The Labute approximate surface area is 201 Å². The van der Waals surface area contributed by atoms with Crippen LogP contribution in [0.25, 0.3) is 10.8 Å². The van der Waals surface area contributed by atoms with E-state index in [0.717, 1.165) is 10.8 Å². The van der Waals surface area contributed by atoms with Crippen LogP contribution in [0, 0.1) is 0 Å². The molecule has 1 aliphatic rings. The molecular formula is C27H23NO7. The largest absolute Gasteiger partial charge is 0.493 e. The standard InChI is InChI=1S/C27H23NO7/c1-30-22-13-18(14-23(31-2)26(22)32-3)27(29)35-25(17-8-9-20-21(12-17)34-15-33-20)24-19-7-5-4-6-16(19)10-11-28-24/h4-14,25H,15H2,1-3H3/t25-/m1/s1. The summed E-state index contributed by atoms with van der Waals surface area (Å²) in [6, 6.07) is 18.3. The zero-order valence-electron chi connectivity index (χ0n) is 19.4. The maximum absolute atomic E-state index is 13.4. The maximum Gasteiger partial charge on any atom is 0.339 e. The average molecular weight is 473 g/mol. The number of nitrogens with zero attached hydrogens (tertiary/aromatic N) is 1. The van der Waals surface area contributed by atoms with Crippen LogP contribution in [-0.2, 0) is 4.74 Å². The topological polar surface area (TPSA) is 85.3 Å². The van der Waals surface area contributed by atoms with E-state index in [4.69, 9.17) is 28.4 Å². The minimum Gasteiger partial charge on any atom is -0.493 e. The number of hydrogen-bond acceptors (Lipinski definition) is 8. The van der Waals surface area contributed by atoms with E-state index >= 15 is 0 Å². The molecule has 8 nitrogen and oxygen atoms in total. The van der Waals surface area contributed by atoms with Gasteiger partial charge in [0.15, 0.2) is 29.1 Å². The van der Waals surface area contributed by atoms with Gasteiger partial charge in [-0.25, -0.2) is 4.79 Å². The van der Waals surface area contributed by atoms with Gasteiger partial charge >= 0.3 is 5.97 Å². The molecule has 1 aromatic heterocycles. The molecule has 4 aromatic rings. The molecule has 0 spiro atoms. The highest BCUT2D eigenvalue weighted by Gasteiger charge is 2.27. The molecule has 0 amide bonds. The summed E-state index contributed by atoms with van der Waals surface area (Å²) in [4.78, 5) is 18.0. The first-order valence-electron chi connectivity index (χ1n) is 10.9. The Bertz CT molecular complexity index is 1370. The summed E-state index contributed by atoms with van der Waals surface area (Å²) >= 11 is 0. The summed E-state index contributed by atoms with van der Waals surface area (Å²) in [5.41, 5.74) is 1.53. The Hall–Kier alpha value is -4.46. The Morgan fingerprint density at radius 3 is 2.37 bits per heavy atom. The summed E-state index contributed by atoms with van der Waals surface area (Å²) in [5, 5.41) is 1.85.